The van der Waals surface area contributed by atoms with E-state index in [1.807, 2.05) is 11.3 Å². The fourth-order valence-corrected chi connectivity index (χ4v) is 3.22. The summed E-state index contributed by atoms with van der Waals surface area (Å²) in [7, 11) is 0. The fourth-order valence-electron chi connectivity index (χ4n) is 1.61. The van der Waals surface area contributed by atoms with Crippen LogP contribution in [-0.2, 0) is 12.8 Å². The van der Waals surface area contributed by atoms with Crippen LogP contribution < -0.4 is 0 Å². The zero-order valence-corrected chi connectivity index (χ0v) is 11.6. The van der Waals surface area contributed by atoms with Gasteiger partial charge in [0.2, 0.25) is 0 Å². The van der Waals surface area contributed by atoms with Crippen molar-refractivity contribution in [3.8, 4) is 0 Å². The largest absolute Gasteiger partial charge is 0.145 e. The second-order valence-electron chi connectivity index (χ2n) is 3.77. The molecule has 1 rings (SSSR count). The van der Waals surface area contributed by atoms with Crippen LogP contribution in [0.15, 0.2) is 12.1 Å². The van der Waals surface area contributed by atoms with Crippen molar-refractivity contribution >= 4 is 27.3 Å². The molecule has 0 aliphatic heterocycles. The molecule has 0 fully saturated rings. The van der Waals surface area contributed by atoms with Crippen LogP contribution in [0, 0.1) is 5.92 Å². The summed E-state index contributed by atoms with van der Waals surface area (Å²) in [4.78, 5) is 3.68. The minimum absolute atomic E-state index is 0.625. The number of hydrogen-bond acceptors (Lipinski definition) is 1. The smallest absolute Gasteiger partial charge is 0.0149 e. The molecule has 14 heavy (non-hydrogen) atoms. The lowest BCUT2D eigenvalue weighted by atomic mass is 9.99. The third-order valence-corrected chi connectivity index (χ3v) is 4.70. The van der Waals surface area contributed by atoms with Crippen molar-refractivity contribution in [3.05, 3.63) is 21.9 Å². The summed E-state index contributed by atoms with van der Waals surface area (Å²) < 4.78 is 0. The maximum absolute atomic E-state index is 3.69. The Morgan fingerprint density at radius 2 is 1.93 bits per heavy atom. The Labute approximate surface area is 99.9 Å². The van der Waals surface area contributed by atoms with Crippen LogP contribution in [-0.4, -0.2) is 4.83 Å². The first kappa shape index (κ1) is 12.3. The zero-order chi connectivity index (χ0) is 10.6. The van der Waals surface area contributed by atoms with E-state index in [0.717, 1.165) is 5.92 Å². The van der Waals surface area contributed by atoms with Crippen molar-refractivity contribution in [1.29, 1.82) is 0 Å². The summed E-state index contributed by atoms with van der Waals surface area (Å²) in [5, 5.41) is 0. The van der Waals surface area contributed by atoms with Crippen LogP contribution in [0.2, 0.25) is 0 Å². The van der Waals surface area contributed by atoms with Crippen LogP contribution in [0.1, 0.15) is 36.9 Å². The molecule has 0 amide bonds. The summed E-state index contributed by atoms with van der Waals surface area (Å²) >= 11 is 5.66. The van der Waals surface area contributed by atoms with Crippen molar-refractivity contribution in [3.63, 3.8) is 0 Å². The molecule has 1 heterocycles. The molecule has 2 unspecified atom stereocenters. The molecule has 0 saturated carbocycles. The van der Waals surface area contributed by atoms with E-state index in [1.165, 1.54) is 24.1 Å². The van der Waals surface area contributed by atoms with Gasteiger partial charge in [-0.1, -0.05) is 43.1 Å². The number of thiophene rings is 1. The van der Waals surface area contributed by atoms with E-state index in [-0.39, 0.29) is 0 Å². The standard InChI is InChI=1S/C12H19BrS/c1-4-10(9(3)13)8-12-7-6-11(5-2)14-12/h6-7,9-10H,4-5,8H2,1-3H3. The number of halogens is 1. The molecule has 80 valence electrons. The van der Waals surface area contributed by atoms with Gasteiger partial charge in [0.15, 0.2) is 0 Å². The minimum atomic E-state index is 0.625. The van der Waals surface area contributed by atoms with Crippen LogP contribution in [0.25, 0.3) is 0 Å². The van der Waals surface area contributed by atoms with Crippen LogP contribution >= 0.6 is 27.3 Å². The lowest BCUT2D eigenvalue weighted by molar-refractivity contribution is 0.512. The summed E-state index contributed by atoms with van der Waals surface area (Å²) in [6.07, 6.45) is 3.66. The minimum Gasteiger partial charge on any atom is -0.145 e. The predicted molar refractivity (Wildman–Crippen MR) is 69.6 cm³/mol. The highest BCUT2D eigenvalue weighted by Gasteiger charge is 2.13. The van der Waals surface area contributed by atoms with Crippen molar-refractivity contribution in [2.45, 2.75) is 44.9 Å². The number of aryl methyl sites for hydroxylation is 1. The molecule has 0 N–H and O–H groups in total. The highest BCUT2D eigenvalue weighted by molar-refractivity contribution is 9.09. The topological polar surface area (TPSA) is 0 Å². The van der Waals surface area contributed by atoms with E-state index in [4.69, 9.17) is 0 Å². The second-order valence-corrected chi connectivity index (χ2v) is 6.47. The van der Waals surface area contributed by atoms with Crippen LogP contribution in [0.3, 0.4) is 0 Å². The molecule has 0 saturated heterocycles. The predicted octanol–water partition coefficient (Wildman–Crippen LogP) is 4.66. The second kappa shape index (κ2) is 5.92. The molecular formula is C12H19BrS. The highest BCUT2D eigenvalue weighted by Crippen LogP contribution is 2.25. The van der Waals surface area contributed by atoms with Gasteiger partial charge in [0.05, 0.1) is 0 Å². The van der Waals surface area contributed by atoms with E-state index in [0.29, 0.717) is 4.83 Å². The quantitative estimate of drug-likeness (QED) is 0.685. The van der Waals surface area contributed by atoms with Gasteiger partial charge in [-0.15, -0.1) is 11.3 Å². The monoisotopic (exact) mass is 274 g/mol. The summed E-state index contributed by atoms with van der Waals surface area (Å²) in [6, 6.07) is 4.56. The van der Waals surface area contributed by atoms with Gasteiger partial charge >= 0.3 is 0 Å². The molecule has 0 spiro atoms. The van der Waals surface area contributed by atoms with Crippen LogP contribution in [0.4, 0.5) is 0 Å². The van der Waals surface area contributed by atoms with Gasteiger partial charge in [0, 0.05) is 14.6 Å². The fraction of sp³-hybridized carbons (Fsp3) is 0.667. The van der Waals surface area contributed by atoms with Gasteiger partial charge in [0.25, 0.3) is 0 Å². The molecule has 2 heteroatoms. The number of rotatable bonds is 5. The van der Waals surface area contributed by atoms with Gasteiger partial charge in [-0.05, 0) is 30.9 Å². The van der Waals surface area contributed by atoms with Crippen molar-refractivity contribution in [1.82, 2.24) is 0 Å². The van der Waals surface area contributed by atoms with Gasteiger partial charge in [0.1, 0.15) is 0 Å². The average Bonchev–Trinajstić information content (AvgIpc) is 2.61. The number of hydrogen-bond donors (Lipinski definition) is 0. The Morgan fingerprint density at radius 3 is 2.36 bits per heavy atom. The highest BCUT2D eigenvalue weighted by atomic mass is 79.9. The summed E-state index contributed by atoms with van der Waals surface area (Å²) in [5.74, 6) is 0.776. The molecule has 0 aliphatic carbocycles. The normalized spacial score (nSPS) is 15.4. The van der Waals surface area contributed by atoms with E-state index in [9.17, 15) is 0 Å². The van der Waals surface area contributed by atoms with E-state index < -0.39 is 0 Å². The van der Waals surface area contributed by atoms with Crippen molar-refractivity contribution < 1.29 is 0 Å². The van der Waals surface area contributed by atoms with E-state index >= 15 is 0 Å². The molecule has 1 aromatic heterocycles. The van der Waals surface area contributed by atoms with E-state index in [1.54, 1.807) is 4.88 Å². The molecule has 1 aromatic rings. The molecule has 0 aromatic carbocycles. The SMILES string of the molecule is CCc1ccc(CC(CC)C(C)Br)s1. The Bertz CT molecular complexity index is 265. The maximum atomic E-state index is 3.69. The third kappa shape index (κ3) is 3.39. The Hall–Kier alpha value is 0.180. The van der Waals surface area contributed by atoms with Crippen LogP contribution in [0.5, 0.6) is 0 Å². The van der Waals surface area contributed by atoms with Gasteiger partial charge in [-0.2, -0.15) is 0 Å². The van der Waals surface area contributed by atoms with Gasteiger partial charge in [-0.3, -0.25) is 0 Å². The summed E-state index contributed by atoms with van der Waals surface area (Å²) in [5.41, 5.74) is 0. The summed E-state index contributed by atoms with van der Waals surface area (Å²) in [6.45, 7) is 6.75. The molecule has 0 bridgehead atoms. The lowest BCUT2D eigenvalue weighted by Gasteiger charge is -2.16. The first-order chi connectivity index (χ1) is 6.67. The molecule has 0 radical (unpaired) electrons. The maximum Gasteiger partial charge on any atom is 0.0149 e. The first-order valence-corrected chi connectivity index (χ1v) is 7.12. The lowest BCUT2D eigenvalue weighted by Crippen LogP contribution is -2.12. The Morgan fingerprint density at radius 1 is 1.29 bits per heavy atom. The van der Waals surface area contributed by atoms with E-state index in [2.05, 4.69) is 48.8 Å². The average molecular weight is 275 g/mol. The molecular weight excluding hydrogens is 256 g/mol. The first-order valence-electron chi connectivity index (χ1n) is 5.39. The Balaban J connectivity index is 2.57. The van der Waals surface area contributed by atoms with Crippen molar-refractivity contribution in [2.24, 2.45) is 5.92 Å². The molecule has 2 atom stereocenters. The van der Waals surface area contributed by atoms with Crippen molar-refractivity contribution in [2.75, 3.05) is 0 Å². The third-order valence-electron chi connectivity index (χ3n) is 2.70. The molecule has 0 aliphatic rings. The number of alkyl halides is 1. The van der Waals surface area contributed by atoms with Gasteiger partial charge in [-0.25, -0.2) is 0 Å². The zero-order valence-electron chi connectivity index (χ0n) is 9.22. The Kier molecular flexibility index (Phi) is 5.18. The van der Waals surface area contributed by atoms with Gasteiger partial charge < -0.3 is 0 Å². The molecule has 0 nitrogen and oxygen atoms in total.